The molecule has 0 bridgehead atoms. The van der Waals surface area contributed by atoms with Crippen LogP contribution in [-0.4, -0.2) is 25.8 Å². The summed E-state index contributed by atoms with van der Waals surface area (Å²) in [4.78, 5) is 11.5. The third-order valence-electron chi connectivity index (χ3n) is 2.83. The molecule has 0 aromatic heterocycles. The predicted octanol–water partition coefficient (Wildman–Crippen LogP) is 3.46. The third-order valence-corrected chi connectivity index (χ3v) is 5.18. The lowest BCUT2D eigenvalue weighted by Gasteiger charge is -2.21. The van der Waals surface area contributed by atoms with Gasteiger partial charge in [0.1, 0.15) is 0 Å². The van der Waals surface area contributed by atoms with Crippen LogP contribution in [-0.2, 0) is 23.1 Å². The molecule has 0 saturated carbocycles. The van der Waals surface area contributed by atoms with Crippen molar-refractivity contribution in [3.8, 4) is 0 Å². The van der Waals surface area contributed by atoms with E-state index in [2.05, 4.69) is 0 Å². The Kier molecular flexibility index (Phi) is 7.52. The topological polar surface area (TPSA) is 61.8 Å². The molecule has 0 saturated heterocycles. The fraction of sp³-hybridized carbons (Fsp3) is 0.438. The molecule has 0 radical (unpaired) electrons. The first-order valence-corrected chi connectivity index (χ1v) is 8.86. The zero-order chi connectivity index (χ0) is 16.6. The standard InChI is InChI=1S/C16H23O5P/c1-5-19-15(17)12-11-14-10-8-9-13(4)16(14)22(18,20-6-2)21-7-3/h8-12H,5-7H2,1-4H3/b12-11+. The van der Waals surface area contributed by atoms with Crippen molar-refractivity contribution in [2.24, 2.45) is 0 Å². The van der Waals surface area contributed by atoms with E-state index in [1.807, 2.05) is 19.1 Å². The maximum Gasteiger partial charge on any atom is 0.362 e. The molecule has 0 aliphatic carbocycles. The average Bonchev–Trinajstić information content (AvgIpc) is 2.45. The van der Waals surface area contributed by atoms with Gasteiger partial charge in [0, 0.05) is 6.08 Å². The van der Waals surface area contributed by atoms with Crippen molar-refractivity contribution in [2.45, 2.75) is 27.7 Å². The second-order valence-electron chi connectivity index (χ2n) is 4.43. The highest BCUT2D eigenvalue weighted by molar-refractivity contribution is 7.62. The molecule has 1 aromatic rings. The van der Waals surface area contributed by atoms with Gasteiger partial charge >= 0.3 is 13.6 Å². The molecule has 1 aromatic carbocycles. The Bertz CT molecular complexity index is 570. The van der Waals surface area contributed by atoms with Crippen molar-refractivity contribution in [3.63, 3.8) is 0 Å². The zero-order valence-electron chi connectivity index (χ0n) is 13.5. The second kappa shape index (κ2) is 8.89. The van der Waals surface area contributed by atoms with Crippen LogP contribution in [0, 0.1) is 6.92 Å². The maximum absolute atomic E-state index is 13.0. The van der Waals surface area contributed by atoms with E-state index in [-0.39, 0.29) is 13.2 Å². The Hall–Kier alpha value is -1.42. The van der Waals surface area contributed by atoms with Crippen LogP contribution < -0.4 is 5.30 Å². The highest BCUT2D eigenvalue weighted by Gasteiger charge is 2.30. The Morgan fingerprint density at radius 2 is 1.77 bits per heavy atom. The average molecular weight is 326 g/mol. The zero-order valence-corrected chi connectivity index (χ0v) is 14.4. The molecule has 1 rings (SSSR count). The second-order valence-corrected chi connectivity index (χ2v) is 6.39. The van der Waals surface area contributed by atoms with Crippen LogP contribution in [0.3, 0.4) is 0 Å². The summed E-state index contributed by atoms with van der Waals surface area (Å²) >= 11 is 0. The smallest absolute Gasteiger partial charge is 0.362 e. The van der Waals surface area contributed by atoms with E-state index in [0.717, 1.165) is 5.56 Å². The van der Waals surface area contributed by atoms with Gasteiger partial charge in [-0.2, -0.15) is 0 Å². The summed E-state index contributed by atoms with van der Waals surface area (Å²) in [6, 6.07) is 5.43. The van der Waals surface area contributed by atoms with Crippen LogP contribution in [0.4, 0.5) is 0 Å². The lowest BCUT2D eigenvalue weighted by Crippen LogP contribution is -2.17. The van der Waals surface area contributed by atoms with Crippen LogP contribution in [0.5, 0.6) is 0 Å². The van der Waals surface area contributed by atoms with Gasteiger partial charge in [0.15, 0.2) is 0 Å². The van der Waals surface area contributed by atoms with E-state index >= 15 is 0 Å². The summed E-state index contributed by atoms with van der Waals surface area (Å²) in [5, 5.41) is 0.485. The van der Waals surface area contributed by atoms with Gasteiger partial charge in [0.2, 0.25) is 0 Å². The molecule has 0 aliphatic rings. The molecule has 0 amide bonds. The van der Waals surface area contributed by atoms with E-state index in [4.69, 9.17) is 13.8 Å². The van der Waals surface area contributed by atoms with Crippen LogP contribution in [0.2, 0.25) is 0 Å². The van der Waals surface area contributed by atoms with Crippen LogP contribution in [0.25, 0.3) is 6.08 Å². The van der Waals surface area contributed by atoms with Gasteiger partial charge in [-0.15, -0.1) is 0 Å². The largest absolute Gasteiger partial charge is 0.463 e. The van der Waals surface area contributed by atoms with Crippen molar-refractivity contribution < 1.29 is 23.1 Å². The Labute approximate surface area is 131 Å². The number of carbonyl (C=O) groups is 1. The Morgan fingerprint density at radius 3 is 2.32 bits per heavy atom. The molecule has 0 aliphatic heterocycles. The highest BCUT2D eigenvalue weighted by atomic mass is 31.2. The lowest BCUT2D eigenvalue weighted by atomic mass is 10.1. The quantitative estimate of drug-likeness (QED) is 0.416. The fourth-order valence-corrected chi connectivity index (χ4v) is 4.03. The van der Waals surface area contributed by atoms with Crippen LogP contribution >= 0.6 is 7.60 Å². The Morgan fingerprint density at radius 1 is 1.14 bits per heavy atom. The van der Waals surface area contributed by atoms with Gasteiger partial charge in [0.25, 0.3) is 0 Å². The molecular formula is C16H23O5P. The minimum absolute atomic E-state index is 0.270. The van der Waals surface area contributed by atoms with E-state index in [1.165, 1.54) is 6.08 Å². The van der Waals surface area contributed by atoms with E-state index in [1.54, 1.807) is 32.9 Å². The van der Waals surface area contributed by atoms with Gasteiger partial charge in [-0.25, -0.2) is 4.79 Å². The number of ether oxygens (including phenoxy) is 1. The molecule has 0 spiro atoms. The highest BCUT2D eigenvalue weighted by Crippen LogP contribution is 2.48. The van der Waals surface area contributed by atoms with Crippen molar-refractivity contribution in [2.75, 3.05) is 19.8 Å². The summed E-state index contributed by atoms with van der Waals surface area (Å²) in [7, 11) is -3.43. The molecule has 6 heteroatoms. The number of hydrogen-bond acceptors (Lipinski definition) is 5. The minimum Gasteiger partial charge on any atom is -0.463 e. The first-order valence-electron chi connectivity index (χ1n) is 7.32. The maximum atomic E-state index is 13.0. The number of benzene rings is 1. The SMILES string of the molecule is CCOC(=O)/C=C/c1cccc(C)c1P(=O)(OCC)OCC. The van der Waals surface area contributed by atoms with Crippen molar-refractivity contribution in [1.82, 2.24) is 0 Å². The summed E-state index contributed by atoms with van der Waals surface area (Å²) in [5.41, 5.74) is 1.41. The van der Waals surface area contributed by atoms with E-state index in [0.29, 0.717) is 17.5 Å². The summed E-state index contributed by atoms with van der Waals surface area (Å²) in [6.45, 7) is 7.94. The van der Waals surface area contributed by atoms with E-state index < -0.39 is 13.6 Å². The number of carbonyl (C=O) groups excluding carboxylic acids is 1. The van der Waals surface area contributed by atoms with Crippen LogP contribution in [0.1, 0.15) is 31.9 Å². The normalized spacial score (nSPS) is 11.8. The molecule has 0 unspecified atom stereocenters. The number of aryl methyl sites for hydroxylation is 1. The first-order chi connectivity index (χ1) is 10.5. The number of esters is 1. The van der Waals surface area contributed by atoms with Crippen molar-refractivity contribution >= 4 is 24.9 Å². The van der Waals surface area contributed by atoms with Gasteiger partial charge in [-0.1, -0.05) is 18.2 Å². The van der Waals surface area contributed by atoms with Crippen molar-refractivity contribution in [3.05, 3.63) is 35.4 Å². The van der Waals surface area contributed by atoms with Gasteiger partial charge in [-0.3, -0.25) is 4.57 Å². The first kappa shape index (κ1) is 18.6. The number of hydrogen-bond donors (Lipinski definition) is 0. The predicted molar refractivity (Wildman–Crippen MR) is 87.3 cm³/mol. The number of rotatable bonds is 8. The molecule has 0 fully saturated rings. The minimum atomic E-state index is -3.43. The molecular weight excluding hydrogens is 303 g/mol. The Balaban J connectivity index is 3.28. The molecule has 122 valence electrons. The fourth-order valence-electron chi connectivity index (χ4n) is 2.04. The summed E-state index contributed by atoms with van der Waals surface area (Å²) in [5.74, 6) is -0.447. The van der Waals surface area contributed by atoms with Gasteiger partial charge < -0.3 is 13.8 Å². The van der Waals surface area contributed by atoms with Gasteiger partial charge in [-0.05, 0) is 44.9 Å². The molecule has 5 nitrogen and oxygen atoms in total. The molecule has 0 N–H and O–H groups in total. The van der Waals surface area contributed by atoms with E-state index in [9.17, 15) is 9.36 Å². The monoisotopic (exact) mass is 326 g/mol. The molecule has 0 heterocycles. The van der Waals surface area contributed by atoms with Crippen molar-refractivity contribution in [1.29, 1.82) is 0 Å². The lowest BCUT2D eigenvalue weighted by molar-refractivity contribution is -0.137. The third kappa shape index (κ3) is 4.80. The van der Waals surface area contributed by atoms with Gasteiger partial charge in [0.05, 0.1) is 25.1 Å². The summed E-state index contributed by atoms with van der Waals surface area (Å²) in [6.07, 6.45) is 2.88. The summed E-state index contributed by atoms with van der Waals surface area (Å²) < 4.78 is 28.7. The molecule has 22 heavy (non-hydrogen) atoms. The van der Waals surface area contributed by atoms with Crippen LogP contribution in [0.15, 0.2) is 24.3 Å². The molecule has 0 atom stereocenters.